The van der Waals surface area contributed by atoms with Crippen LogP contribution in [0.15, 0.2) is 97.7 Å². The molecule has 5 rings (SSSR count). The van der Waals surface area contributed by atoms with Gasteiger partial charge in [0.25, 0.3) is 0 Å². The highest BCUT2D eigenvalue weighted by atomic mass is 19.1. The largest absolute Gasteiger partial charge is 0.360 e. The fraction of sp³-hybridized carbons (Fsp3) is 0.111. The Labute approximate surface area is 190 Å². The molecule has 1 atom stereocenters. The Hall–Kier alpha value is -4.03. The summed E-state index contributed by atoms with van der Waals surface area (Å²) < 4.78 is 15.1. The van der Waals surface area contributed by atoms with Crippen molar-refractivity contribution in [2.45, 2.75) is 12.5 Å². The van der Waals surface area contributed by atoms with Gasteiger partial charge < -0.3 is 14.9 Å². The molecule has 0 aliphatic rings. The predicted molar refractivity (Wildman–Crippen MR) is 127 cm³/mol. The zero-order valence-corrected chi connectivity index (χ0v) is 17.9. The Morgan fingerprint density at radius 1 is 1.06 bits per heavy atom. The number of carbonyl (C=O) groups is 1. The Morgan fingerprint density at radius 3 is 2.64 bits per heavy atom. The van der Waals surface area contributed by atoms with Crippen LogP contribution in [-0.2, 0) is 6.42 Å². The van der Waals surface area contributed by atoms with Gasteiger partial charge in [0, 0.05) is 47.3 Å². The molecule has 0 spiro atoms. The highest BCUT2D eigenvalue weighted by Gasteiger charge is 2.24. The second-order valence-electron chi connectivity index (χ2n) is 7.94. The molecule has 0 saturated carbocycles. The average Bonchev–Trinajstić information content (AvgIpc) is 3.53. The number of H-pyrrole nitrogens is 1. The van der Waals surface area contributed by atoms with Gasteiger partial charge in [0.05, 0.1) is 12.4 Å². The Bertz CT molecular complexity index is 1360. The molecule has 0 saturated heterocycles. The molecule has 0 amide bonds. The van der Waals surface area contributed by atoms with Gasteiger partial charge in [-0.05, 0) is 41.8 Å². The third-order valence-electron chi connectivity index (χ3n) is 5.80. The van der Waals surface area contributed by atoms with Crippen molar-refractivity contribution in [3.8, 4) is 5.69 Å². The SMILES string of the molecule is O=C(c1c[nH]c2cc(-n3ccnc3)ccc12)[C@@H](NCCc1ccc(F)cc1)c1ccccc1. The maximum absolute atomic E-state index is 13.7. The number of nitrogens with one attached hydrogen (secondary N) is 2. The van der Waals surface area contributed by atoms with E-state index in [1.807, 2.05) is 59.3 Å². The summed E-state index contributed by atoms with van der Waals surface area (Å²) in [6.45, 7) is 0.587. The summed E-state index contributed by atoms with van der Waals surface area (Å²) in [5.74, 6) is -0.249. The van der Waals surface area contributed by atoms with Crippen molar-refractivity contribution in [3.05, 3.63) is 120 Å². The lowest BCUT2D eigenvalue weighted by atomic mass is 9.96. The maximum atomic E-state index is 13.7. The molecule has 5 aromatic rings. The molecular weight excluding hydrogens is 415 g/mol. The van der Waals surface area contributed by atoms with Gasteiger partial charge in [-0.2, -0.15) is 0 Å². The van der Waals surface area contributed by atoms with Crippen LogP contribution in [0.5, 0.6) is 0 Å². The molecule has 2 N–H and O–H groups in total. The van der Waals surface area contributed by atoms with Gasteiger partial charge in [-0.1, -0.05) is 48.5 Å². The van der Waals surface area contributed by atoms with Crippen molar-refractivity contribution in [1.82, 2.24) is 19.9 Å². The van der Waals surface area contributed by atoms with Gasteiger partial charge in [0.2, 0.25) is 0 Å². The third kappa shape index (κ3) is 4.47. The standard InChI is InChI=1S/C27H23FN4O/c28-21-8-6-19(7-9-21)12-13-30-26(20-4-2-1-3-5-20)27(33)24-17-31-25-16-22(10-11-23(24)25)32-15-14-29-18-32/h1-11,14-18,26,30-31H,12-13H2/t26-/m0/s1. The Kier molecular flexibility index (Phi) is 5.83. The summed E-state index contributed by atoms with van der Waals surface area (Å²) in [5.41, 5.74) is 4.43. The lowest BCUT2D eigenvalue weighted by Crippen LogP contribution is -2.30. The lowest BCUT2D eigenvalue weighted by molar-refractivity contribution is 0.0945. The first-order valence-corrected chi connectivity index (χ1v) is 10.9. The van der Waals surface area contributed by atoms with Gasteiger partial charge in [0.15, 0.2) is 5.78 Å². The van der Waals surface area contributed by atoms with E-state index in [4.69, 9.17) is 0 Å². The number of carbonyl (C=O) groups excluding carboxylic acids is 1. The quantitative estimate of drug-likeness (QED) is 0.325. The monoisotopic (exact) mass is 438 g/mol. The number of nitrogens with zero attached hydrogens (tertiary/aromatic N) is 2. The van der Waals surface area contributed by atoms with E-state index >= 15 is 0 Å². The van der Waals surface area contributed by atoms with E-state index in [9.17, 15) is 9.18 Å². The minimum Gasteiger partial charge on any atom is -0.360 e. The van der Waals surface area contributed by atoms with Crippen molar-refractivity contribution in [3.63, 3.8) is 0 Å². The predicted octanol–water partition coefficient (Wildman–Crippen LogP) is 5.25. The molecule has 0 bridgehead atoms. The minimum atomic E-state index is -0.487. The number of ketones is 1. The normalized spacial score (nSPS) is 12.2. The second-order valence-corrected chi connectivity index (χ2v) is 7.94. The van der Waals surface area contributed by atoms with E-state index < -0.39 is 6.04 Å². The van der Waals surface area contributed by atoms with E-state index in [-0.39, 0.29) is 11.6 Å². The highest BCUT2D eigenvalue weighted by molar-refractivity contribution is 6.10. The number of rotatable bonds is 8. The highest BCUT2D eigenvalue weighted by Crippen LogP contribution is 2.26. The Morgan fingerprint density at radius 2 is 1.88 bits per heavy atom. The fourth-order valence-electron chi connectivity index (χ4n) is 4.07. The zero-order valence-electron chi connectivity index (χ0n) is 17.9. The van der Waals surface area contributed by atoms with Crippen molar-refractivity contribution in [1.29, 1.82) is 0 Å². The van der Waals surface area contributed by atoms with Crippen LogP contribution in [0.3, 0.4) is 0 Å². The fourth-order valence-corrected chi connectivity index (χ4v) is 4.07. The molecule has 0 aliphatic heterocycles. The first-order chi connectivity index (χ1) is 16.2. The molecule has 5 nitrogen and oxygen atoms in total. The van der Waals surface area contributed by atoms with E-state index in [1.54, 1.807) is 30.9 Å². The second kappa shape index (κ2) is 9.22. The average molecular weight is 439 g/mol. The van der Waals surface area contributed by atoms with E-state index in [0.29, 0.717) is 18.5 Å². The van der Waals surface area contributed by atoms with Crippen LogP contribution in [0.2, 0.25) is 0 Å². The van der Waals surface area contributed by atoms with Crippen molar-refractivity contribution in [2.75, 3.05) is 6.54 Å². The summed E-state index contributed by atoms with van der Waals surface area (Å²) in [4.78, 5) is 21.0. The van der Waals surface area contributed by atoms with Crippen molar-refractivity contribution in [2.24, 2.45) is 0 Å². The number of aromatic amines is 1. The number of hydrogen-bond donors (Lipinski definition) is 2. The van der Waals surface area contributed by atoms with Gasteiger partial charge in [-0.15, -0.1) is 0 Å². The summed E-state index contributed by atoms with van der Waals surface area (Å²) >= 11 is 0. The molecule has 0 fully saturated rings. The van der Waals surface area contributed by atoms with Gasteiger partial charge in [-0.25, -0.2) is 9.37 Å². The first-order valence-electron chi connectivity index (χ1n) is 10.9. The van der Waals surface area contributed by atoms with Gasteiger partial charge in [0.1, 0.15) is 5.82 Å². The van der Waals surface area contributed by atoms with Crippen molar-refractivity contribution < 1.29 is 9.18 Å². The number of hydrogen-bond acceptors (Lipinski definition) is 3. The molecule has 33 heavy (non-hydrogen) atoms. The summed E-state index contributed by atoms with van der Waals surface area (Å²) in [7, 11) is 0. The molecule has 3 aromatic carbocycles. The number of imidazole rings is 1. The van der Waals surface area contributed by atoms with Crippen LogP contribution in [-0.4, -0.2) is 26.9 Å². The number of fused-ring (bicyclic) bond motifs is 1. The maximum Gasteiger partial charge on any atom is 0.186 e. The van der Waals surface area contributed by atoms with E-state index in [2.05, 4.69) is 15.3 Å². The smallest absolute Gasteiger partial charge is 0.186 e. The molecule has 0 radical (unpaired) electrons. The molecular formula is C27H23FN4O. The Balaban J connectivity index is 1.40. The molecule has 2 heterocycles. The first kappa shape index (κ1) is 20.8. The van der Waals surface area contributed by atoms with Crippen molar-refractivity contribution >= 4 is 16.7 Å². The molecule has 0 aliphatic carbocycles. The minimum absolute atomic E-state index is 0.00179. The van der Waals surface area contributed by atoms with Crippen LogP contribution in [0.4, 0.5) is 4.39 Å². The summed E-state index contributed by atoms with van der Waals surface area (Å²) in [6, 6.07) is 21.6. The van der Waals surface area contributed by atoms with Gasteiger partial charge in [-0.3, -0.25) is 4.79 Å². The number of benzene rings is 3. The number of Topliss-reactive ketones (excluding diaryl/α,β-unsaturated/α-hetero) is 1. The molecule has 0 unspecified atom stereocenters. The number of halogens is 1. The zero-order chi connectivity index (χ0) is 22.6. The van der Waals surface area contributed by atoms with E-state index in [1.165, 1.54) is 12.1 Å². The van der Waals surface area contributed by atoms with Gasteiger partial charge >= 0.3 is 0 Å². The third-order valence-corrected chi connectivity index (χ3v) is 5.80. The molecule has 2 aromatic heterocycles. The van der Waals surface area contributed by atoms with Crippen LogP contribution in [0.25, 0.3) is 16.6 Å². The topological polar surface area (TPSA) is 62.7 Å². The number of aromatic nitrogens is 3. The van der Waals surface area contributed by atoms with Crippen LogP contribution in [0.1, 0.15) is 27.5 Å². The molecule has 164 valence electrons. The van der Waals surface area contributed by atoms with Crippen LogP contribution >= 0.6 is 0 Å². The lowest BCUT2D eigenvalue weighted by Gasteiger charge is -2.18. The summed E-state index contributed by atoms with van der Waals surface area (Å²) in [5, 5.41) is 4.30. The molecule has 6 heteroatoms. The summed E-state index contributed by atoms with van der Waals surface area (Å²) in [6.07, 6.45) is 7.83. The van der Waals surface area contributed by atoms with Crippen LogP contribution < -0.4 is 5.32 Å². The van der Waals surface area contributed by atoms with E-state index in [0.717, 1.165) is 27.7 Å². The van der Waals surface area contributed by atoms with Crippen LogP contribution in [0, 0.1) is 5.82 Å².